The number of aromatic nitrogens is 2. The van der Waals surface area contributed by atoms with Gasteiger partial charge in [-0.15, -0.1) is 0 Å². The molecule has 0 bridgehead atoms. The van der Waals surface area contributed by atoms with E-state index in [-0.39, 0.29) is 0 Å². The fourth-order valence-corrected chi connectivity index (χ4v) is 2.83. The third-order valence-electron chi connectivity index (χ3n) is 2.87. The quantitative estimate of drug-likeness (QED) is 0.813. The molecule has 5 heteroatoms. The van der Waals surface area contributed by atoms with E-state index in [1.165, 1.54) is 12.8 Å². The lowest BCUT2D eigenvalue weighted by Crippen LogP contribution is -2.22. The van der Waals surface area contributed by atoms with E-state index in [9.17, 15) is 0 Å². The van der Waals surface area contributed by atoms with E-state index < -0.39 is 0 Å². The maximum absolute atomic E-state index is 4.60. The van der Waals surface area contributed by atoms with Crippen molar-refractivity contribution in [3.05, 3.63) is 16.5 Å². The predicted octanol–water partition coefficient (Wildman–Crippen LogP) is 3.67. The van der Waals surface area contributed by atoms with E-state index in [1.807, 2.05) is 17.8 Å². The van der Waals surface area contributed by atoms with Crippen molar-refractivity contribution >= 4 is 33.5 Å². The second-order valence-electron chi connectivity index (χ2n) is 4.41. The molecule has 1 N–H and O–H groups in total. The van der Waals surface area contributed by atoms with Crippen LogP contribution in [0.5, 0.6) is 0 Å². The topological polar surface area (TPSA) is 37.8 Å². The summed E-state index contributed by atoms with van der Waals surface area (Å²) in [6.45, 7) is 2.20. The normalized spacial score (nSPS) is 16.9. The Morgan fingerprint density at radius 1 is 1.53 bits per heavy atom. The zero-order valence-electron chi connectivity index (χ0n) is 10.2. The minimum Gasteiger partial charge on any atom is -0.366 e. The van der Waals surface area contributed by atoms with Gasteiger partial charge < -0.3 is 5.32 Å². The molecule has 1 unspecified atom stereocenters. The van der Waals surface area contributed by atoms with Crippen LogP contribution < -0.4 is 5.32 Å². The van der Waals surface area contributed by atoms with E-state index in [1.54, 1.807) is 0 Å². The summed E-state index contributed by atoms with van der Waals surface area (Å²) in [7, 11) is 0. The van der Waals surface area contributed by atoms with Crippen LogP contribution in [0, 0.1) is 0 Å². The van der Waals surface area contributed by atoms with Gasteiger partial charge in [-0.3, -0.25) is 0 Å². The first-order chi connectivity index (χ1) is 8.22. The summed E-state index contributed by atoms with van der Waals surface area (Å²) in [5.41, 5.74) is 0. The van der Waals surface area contributed by atoms with E-state index in [0.717, 1.165) is 28.4 Å². The Morgan fingerprint density at radius 3 is 2.88 bits per heavy atom. The number of halogens is 1. The van der Waals surface area contributed by atoms with E-state index >= 15 is 0 Å². The molecule has 0 spiro atoms. The van der Waals surface area contributed by atoms with Crippen molar-refractivity contribution in [1.82, 2.24) is 9.97 Å². The molecular formula is C12H18BrN3S. The van der Waals surface area contributed by atoms with Gasteiger partial charge in [-0.1, -0.05) is 6.92 Å². The first kappa shape index (κ1) is 13.1. The zero-order valence-corrected chi connectivity index (χ0v) is 12.6. The zero-order chi connectivity index (χ0) is 12.3. The predicted molar refractivity (Wildman–Crippen MR) is 77.8 cm³/mol. The van der Waals surface area contributed by atoms with Crippen molar-refractivity contribution in [2.75, 3.05) is 17.3 Å². The molecule has 3 nitrogen and oxygen atoms in total. The summed E-state index contributed by atoms with van der Waals surface area (Å²) in [5.74, 6) is 3.64. The van der Waals surface area contributed by atoms with Crippen LogP contribution in [0.4, 0.5) is 5.82 Å². The molecule has 1 fully saturated rings. The van der Waals surface area contributed by atoms with Gasteiger partial charge in [0, 0.05) is 23.8 Å². The summed E-state index contributed by atoms with van der Waals surface area (Å²) in [6.07, 6.45) is 5.72. The molecule has 0 saturated heterocycles. The standard InChI is InChI=1S/C12H18BrN3S/c1-3-9(7-17-2)14-11-6-10(13)15-12(16-11)8-4-5-8/h6,8-9H,3-5,7H2,1-2H3,(H,14,15,16). The SMILES string of the molecule is CCC(CSC)Nc1cc(Br)nc(C2CC2)n1. The molecule has 1 aliphatic carbocycles. The Labute approximate surface area is 115 Å². The number of nitrogens with zero attached hydrogens (tertiary/aromatic N) is 2. The number of rotatable bonds is 6. The number of hydrogen-bond donors (Lipinski definition) is 1. The van der Waals surface area contributed by atoms with Crippen molar-refractivity contribution in [2.24, 2.45) is 0 Å². The molecule has 0 aromatic carbocycles. The lowest BCUT2D eigenvalue weighted by Gasteiger charge is -2.16. The van der Waals surface area contributed by atoms with Gasteiger partial charge in [-0.25, -0.2) is 9.97 Å². The number of nitrogens with one attached hydrogen (secondary N) is 1. The lowest BCUT2D eigenvalue weighted by molar-refractivity contribution is 0.764. The summed E-state index contributed by atoms with van der Waals surface area (Å²) < 4.78 is 0.885. The molecular weight excluding hydrogens is 298 g/mol. The Kier molecular flexibility index (Phi) is 4.68. The average Bonchev–Trinajstić information content (AvgIpc) is 3.11. The van der Waals surface area contributed by atoms with Crippen molar-refractivity contribution < 1.29 is 0 Å². The van der Waals surface area contributed by atoms with Crippen LogP contribution in [-0.4, -0.2) is 28.0 Å². The van der Waals surface area contributed by atoms with Crippen LogP contribution in [0.2, 0.25) is 0 Å². The molecule has 1 heterocycles. The van der Waals surface area contributed by atoms with E-state index in [0.29, 0.717) is 12.0 Å². The molecule has 1 aliphatic rings. The maximum atomic E-state index is 4.60. The van der Waals surface area contributed by atoms with Gasteiger partial charge in [0.2, 0.25) is 0 Å². The second-order valence-corrected chi connectivity index (χ2v) is 6.14. The van der Waals surface area contributed by atoms with Crippen LogP contribution in [0.25, 0.3) is 0 Å². The first-order valence-corrected chi connectivity index (χ1v) is 8.21. The fourth-order valence-electron chi connectivity index (χ4n) is 1.71. The lowest BCUT2D eigenvalue weighted by atomic mass is 10.2. The smallest absolute Gasteiger partial charge is 0.135 e. The van der Waals surface area contributed by atoms with Crippen LogP contribution in [0.15, 0.2) is 10.7 Å². The van der Waals surface area contributed by atoms with Gasteiger partial charge in [0.05, 0.1) is 0 Å². The van der Waals surface area contributed by atoms with E-state index in [4.69, 9.17) is 0 Å². The van der Waals surface area contributed by atoms with Gasteiger partial charge in [0.25, 0.3) is 0 Å². The molecule has 2 rings (SSSR count). The van der Waals surface area contributed by atoms with Crippen LogP contribution >= 0.6 is 27.7 Å². The van der Waals surface area contributed by atoms with Crippen LogP contribution in [0.3, 0.4) is 0 Å². The monoisotopic (exact) mass is 315 g/mol. The molecule has 1 aromatic heterocycles. The Bertz CT molecular complexity index is 382. The summed E-state index contributed by atoms with van der Waals surface area (Å²) >= 11 is 5.33. The maximum Gasteiger partial charge on any atom is 0.135 e. The van der Waals surface area contributed by atoms with Crippen LogP contribution in [-0.2, 0) is 0 Å². The largest absolute Gasteiger partial charge is 0.366 e. The third-order valence-corrected chi connectivity index (χ3v) is 4.01. The Hall–Kier alpha value is -0.290. The number of thioether (sulfide) groups is 1. The summed E-state index contributed by atoms with van der Waals surface area (Å²) in [4.78, 5) is 9.04. The van der Waals surface area contributed by atoms with Crippen molar-refractivity contribution in [3.63, 3.8) is 0 Å². The highest BCUT2D eigenvalue weighted by molar-refractivity contribution is 9.10. The molecule has 0 radical (unpaired) electrons. The third kappa shape index (κ3) is 3.85. The Balaban J connectivity index is 2.08. The van der Waals surface area contributed by atoms with Gasteiger partial charge in [-0.05, 0) is 41.4 Å². The average molecular weight is 316 g/mol. The molecule has 0 aliphatic heterocycles. The highest BCUT2D eigenvalue weighted by Gasteiger charge is 2.27. The summed E-state index contributed by atoms with van der Waals surface area (Å²) in [6, 6.07) is 2.45. The fraction of sp³-hybridized carbons (Fsp3) is 0.667. The van der Waals surface area contributed by atoms with Crippen molar-refractivity contribution in [2.45, 2.75) is 38.1 Å². The molecule has 17 heavy (non-hydrogen) atoms. The Morgan fingerprint density at radius 2 is 2.29 bits per heavy atom. The first-order valence-electron chi connectivity index (χ1n) is 6.03. The molecule has 1 saturated carbocycles. The highest BCUT2D eigenvalue weighted by atomic mass is 79.9. The highest BCUT2D eigenvalue weighted by Crippen LogP contribution is 2.38. The van der Waals surface area contributed by atoms with Crippen molar-refractivity contribution in [1.29, 1.82) is 0 Å². The number of anilines is 1. The van der Waals surface area contributed by atoms with Gasteiger partial charge >= 0.3 is 0 Å². The molecule has 94 valence electrons. The summed E-state index contributed by atoms with van der Waals surface area (Å²) in [5, 5.41) is 3.49. The van der Waals surface area contributed by atoms with Crippen LogP contribution in [0.1, 0.15) is 37.9 Å². The number of hydrogen-bond acceptors (Lipinski definition) is 4. The minimum atomic E-state index is 0.485. The minimum absolute atomic E-state index is 0.485. The van der Waals surface area contributed by atoms with Crippen molar-refractivity contribution in [3.8, 4) is 0 Å². The second kappa shape index (κ2) is 6.05. The molecule has 0 amide bonds. The molecule has 1 atom stereocenters. The van der Waals surface area contributed by atoms with Gasteiger partial charge in [0.1, 0.15) is 16.2 Å². The molecule has 1 aromatic rings. The van der Waals surface area contributed by atoms with E-state index in [2.05, 4.69) is 44.4 Å². The van der Waals surface area contributed by atoms with Gasteiger partial charge in [-0.2, -0.15) is 11.8 Å². The van der Waals surface area contributed by atoms with Gasteiger partial charge in [0.15, 0.2) is 0 Å².